The smallest absolute Gasteiger partial charge is 0.253 e. The van der Waals surface area contributed by atoms with Gasteiger partial charge in [-0.1, -0.05) is 23.7 Å². The van der Waals surface area contributed by atoms with Gasteiger partial charge in [-0.05, 0) is 43.0 Å². The van der Waals surface area contributed by atoms with E-state index in [0.29, 0.717) is 11.6 Å². The Bertz CT molecular complexity index is 653. The molecule has 1 aliphatic carbocycles. The third-order valence-electron chi connectivity index (χ3n) is 3.57. The molecule has 0 bridgehead atoms. The van der Waals surface area contributed by atoms with Crippen LogP contribution in [0.3, 0.4) is 0 Å². The fraction of sp³-hybridized carbons (Fsp3) is 0.294. The third kappa shape index (κ3) is 4.21. The number of hydrogen-bond acceptors (Lipinski definition) is 3. The predicted molar refractivity (Wildman–Crippen MR) is 88.4 cm³/mol. The topological polar surface area (TPSA) is 54.0 Å². The highest BCUT2D eigenvalue weighted by Crippen LogP contribution is 2.19. The van der Waals surface area contributed by atoms with Gasteiger partial charge >= 0.3 is 0 Å². The molecule has 0 aliphatic heterocycles. The zero-order valence-electron chi connectivity index (χ0n) is 12.2. The van der Waals surface area contributed by atoms with E-state index in [1.807, 2.05) is 30.3 Å². The Balaban J connectivity index is 1.53. The van der Waals surface area contributed by atoms with Crippen molar-refractivity contribution in [3.05, 3.63) is 58.9 Å². The largest absolute Gasteiger partial charge is 0.383 e. The lowest BCUT2D eigenvalue weighted by Crippen LogP contribution is -2.25. The number of aromatic nitrogens is 1. The minimum Gasteiger partial charge on any atom is -0.383 e. The molecule has 0 atom stereocenters. The fourth-order valence-corrected chi connectivity index (χ4v) is 2.29. The SMILES string of the molecule is O=C(NC1CC1)c1cncc(NCCc2ccc(Cl)cc2)c1. The third-order valence-corrected chi connectivity index (χ3v) is 3.82. The number of nitrogens with one attached hydrogen (secondary N) is 2. The van der Waals surface area contributed by atoms with Crippen LogP contribution in [0.5, 0.6) is 0 Å². The number of halogens is 1. The van der Waals surface area contributed by atoms with Crippen LogP contribution in [0.25, 0.3) is 0 Å². The van der Waals surface area contributed by atoms with Crippen molar-refractivity contribution in [1.29, 1.82) is 0 Å². The molecule has 1 heterocycles. The molecule has 4 nitrogen and oxygen atoms in total. The van der Waals surface area contributed by atoms with Gasteiger partial charge in [-0.3, -0.25) is 9.78 Å². The lowest BCUT2D eigenvalue weighted by Gasteiger charge is -2.08. The highest BCUT2D eigenvalue weighted by molar-refractivity contribution is 6.30. The quantitative estimate of drug-likeness (QED) is 0.860. The molecule has 3 rings (SSSR count). The first-order valence-electron chi connectivity index (χ1n) is 7.45. The standard InChI is InChI=1S/C17H18ClN3O/c18-14-3-1-12(2-4-14)7-8-20-16-9-13(10-19-11-16)17(22)21-15-5-6-15/h1-4,9-11,15,20H,5-8H2,(H,21,22). The normalized spacial score (nSPS) is 13.7. The number of nitrogens with zero attached hydrogens (tertiary/aromatic N) is 1. The number of carbonyl (C=O) groups excluding carboxylic acids is 1. The molecule has 2 N–H and O–H groups in total. The number of rotatable bonds is 6. The number of pyridine rings is 1. The summed E-state index contributed by atoms with van der Waals surface area (Å²) in [7, 11) is 0. The van der Waals surface area contributed by atoms with Crippen LogP contribution in [-0.4, -0.2) is 23.5 Å². The number of amides is 1. The highest BCUT2D eigenvalue weighted by Gasteiger charge is 2.23. The second-order valence-electron chi connectivity index (χ2n) is 5.51. The summed E-state index contributed by atoms with van der Waals surface area (Å²) in [6.45, 7) is 0.775. The fourth-order valence-electron chi connectivity index (χ4n) is 2.16. The van der Waals surface area contributed by atoms with Gasteiger partial charge < -0.3 is 10.6 Å². The first kappa shape index (κ1) is 14.9. The Morgan fingerprint density at radius 2 is 2.00 bits per heavy atom. The van der Waals surface area contributed by atoms with Crippen LogP contribution < -0.4 is 10.6 Å². The molecule has 0 unspecified atom stereocenters. The van der Waals surface area contributed by atoms with Crippen molar-refractivity contribution in [3.63, 3.8) is 0 Å². The lowest BCUT2D eigenvalue weighted by atomic mass is 10.1. The Kier molecular flexibility index (Phi) is 4.59. The highest BCUT2D eigenvalue weighted by atomic mass is 35.5. The molecule has 22 heavy (non-hydrogen) atoms. The van der Waals surface area contributed by atoms with Crippen molar-refractivity contribution in [2.24, 2.45) is 0 Å². The monoisotopic (exact) mass is 315 g/mol. The predicted octanol–water partition coefficient (Wildman–Crippen LogP) is 3.28. The Morgan fingerprint density at radius 3 is 2.73 bits per heavy atom. The average Bonchev–Trinajstić information content (AvgIpc) is 3.34. The Labute approximate surface area is 134 Å². The molecule has 1 aliphatic rings. The van der Waals surface area contributed by atoms with Crippen molar-refractivity contribution in [1.82, 2.24) is 10.3 Å². The van der Waals surface area contributed by atoms with E-state index in [1.54, 1.807) is 12.4 Å². The van der Waals surface area contributed by atoms with Crippen molar-refractivity contribution in [2.45, 2.75) is 25.3 Å². The summed E-state index contributed by atoms with van der Waals surface area (Å²) in [4.78, 5) is 16.1. The molecule has 0 radical (unpaired) electrons. The maximum Gasteiger partial charge on any atom is 0.253 e. The van der Waals surface area contributed by atoms with E-state index >= 15 is 0 Å². The Hall–Kier alpha value is -2.07. The molecule has 1 saturated carbocycles. The van der Waals surface area contributed by atoms with E-state index < -0.39 is 0 Å². The van der Waals surface area contributed by atoms with Crippen LogP contribution in [-0.2, 0) is 6.42 Å². The number of hydrogen-bond donors (Lipinski definition) is 2. The summed E-state index contributed by atoms with van der Waals surface area (Å²) in [5.74, 6) is -0.0450. The van der Waals surface area contributed by atoms with Gasteiger partial charge in [0, 0.05) is 30.0 Å². The van der Waals surface area contributed by atoms with Gasteiger partial charge in [0.15, 0.2) is 0 Å². The number of carbonyl (C=O) groups is 1. The van der Waals surface area contributed by atoms with Crippen LogP contribution in [0.4, 0.5) is 5.69 Å². The number of anilines is 1. The minimum absolute atomic E-state index is 0.0450. The van der Waals surface area contributed by atoms with E-state index in [-0.39, 0.29) is 5.91 Å². The van der Waals surface area contributed by atoms with E-state index in [2.05, 4.69) is 15.6 Å². The summed E-state index contributed by atoms with van der Waals surface area (Å²) in [5.41, 5.74) is 2.67. The summed E-state index contributed by atoms with van der Waals surface area (Å²) < 4.78 is 0. The van der Waals surface area contributed by atoms with Gasteiger partial charge in [-0.15, -0.1) is 0 Å². The van der Waals surface area contributed by atoms with Gasteiger partial charge in [0.1, 0.15) is 0 Å². The summed E-state index contributed by atoms with van der Waals surface area (Å²) in [6.07, 6.45) is 6.38. The van der Waals surface area contributed by atoms with E-state index in [4.69, 9.17) is 11.6 Å². The maximum absolute atomic E-state index is 12.0. The van der Waals surface area contributed by atoms with Crippen molar-refractivity contribution in [3.8, 4) is 0 Å². The van der Waals surface area contributed by atoms with Gasteiger partial charge in [0.25, 0.3) is 5.91 Å². The zero-order chi connectivity index (χ0) is 15.4. The van der Waals surface area contributed by atoms with Crippen molar-refractivity contribution >= 4 is 23.2 Å². The summed E-state index contributed by atoms with van der Waals surface area (Å²) in [5, 5.41) is 7.01. The molecule has 0 spiro atoms. The van der Waals surface area contributed by atoms with Gasteiger partial charge in [-0.2, -0.15) is 0 Å². The molecule has 5 heteroatoms. The van der Waals surface area contributed by atoms with E-state index in [0.717, 1.165) is 36.5 Å². The molecule has 1 amide bonds. The number of benzene rings is 1. The maximum atomic E-state index is 12.0. The van der Waals surface area contributed by atoms with Crippen molar-refractivity contribution < 1.29 is 4.79 Å². The molecule has 114 valence electrons. The van der Waals surface area contributed by atoms with Gasteiger partial charge in [0.05, 0.1) is 11.3 Å². The van der Waals surface area contributed by atoms with Gasteiger partial charge in [0.2, 0.25) is 0 Å². The molecular weight excluding hydrogens is 298 g/mol. The molecule has 1 aromatic heterocycles. The van der Waals surface area contributed by atoms with Crippen molar-refractivity contribution in [2.75, 3.05) is 11.9 Å². The van der Waals surface area contributed by atoms with Crippen LogP contribution >= 0.6 is 11.6 Å². The van der Waals surface area contributed by atoms with E-state index in [1.165, 1.54) is 5.56 Å². The van der Waals surface area contributed by atoms with Gasteiger partial charge in [-0.25, -0.2) is 0 Å². The zero-order valence-corrected chi connectivity index (χ0v) is 12.9. The summed E-state index contributed by atoms with van der Waals surface area (Å²) >= 11 is 5.87. The van der Waals surface area contributed by atoms with Crippen LogP contribution in [0.2, 0.25) is 5.02 Å². The Morgan fingerprint density at radius 1 is 1.23 bits per heavy atom. The van der Waals surface area contributed by atoms with E-state index in [9.17, 15) is 4.79 Å². The first-order valence-corrected chi connectivity index (χ1v) is 7.83. The van der Waals surface area contributed by atoms with Crippen LogP contribution in [0, 0.1) is 0 Å². The lowest BCUT2D eigenvalue weighted by molar-refractivity contribution is 0.0951. The molecule has 2 aromatic rings. The van der Waals surface area contributed by atoms with Crippen LogP contribution in [0.1, 0.15) is 28.8 Å². The van der Waals surface area contributed by atoms with Crippen LogP contribution in [0.15, 0.2) is 42.7 Å². The first-order chi connectivity index (χ1) is 10.7. The second kappa shape index (κ2) is 6.79. The average molecular weight is 316 g/mol. The minimum atomic E-state index is -0.0450. The second-order valence-corrected chi connectivity index (χ2v) is 5.95. The molecule has 0 saturated heterocycles. The molecule has 1 aromatic carbocycles. The summed E-state index contributed by atoms with van der Waals surface area (Å²) in [6, 6.07) is 10.0. The molecule has 1 fully saturated rings. The molecular formula is C17H18ClN3O.